The van der Waals surface area contributed by atoms with Gasteiger partial charge in [0.05, 0.1) is 22.3 Å². The number of benzene rings is 3. The molecule has 0 amide bonds. The average molecular weight is 473 g/mol. The maximum Gasteiger partial charge on any atom is 0.416 e. The molecular weight excluding hydrogens is 455 g/mol. The number of aromatic nitrogens is 2. The van der Waals surface area contributed by atoms with Crippen LogP contribution in [0.1, 0.15) is 11.1 Å². The van der Waals surface area contributed by atoms with Crippen LogP contribution in [0, 0.1) is 0 Å². The Morgan fingerprint density at radius 1 is 0.970 bits per heavy atom. The topological polar surface area (TPSA) is 84.2 Å². The molecule has 1 aromatic heterocycles. The molecule has 170 valence electrons. The molecule has 0 aliphatic heterocycles. The van der Waals surface area contributed by atoms with Gasteiger partial charge in [-0.25, -0.2) is 8.93 Å². The van der Waals surface area contributed by atoms with Crippen molar-refractivity contribution in [3.63, 3.8) is 0 Å². The van der Waals surface area contributed by atoms with E-state index in [-0.39, 0.29) is 12.2 Å². The van der Waals surface area contributed by atoms with E-state index in [2.05, 4.69) is 9.82 Å². The second-order valence-electron chi connectivity index (χ2n) is 7.25. The van der Waals surface area contributed by atoms with Gasteiger partial charge in [-0.1, -0.05) is 36.4 Å². The predicted octanol–water partition coefficient (Wildman–Crippen LogP) is 4.34. The zero-order valence-electron chi connectivity index (χ0n) is 17.0. The number of nitrogens with zero attached hydrogens (tertiary/aromatic N) is 2. The fourth-order valence-corrected chi connectivity index (χ4v) is 3.80. The van der Waals surface area contributed by atoms with Crippen LogP contribution in [0.4, 0.5) is 13.2 Å². The molecule has 2 N–H and O–H groups in total. The van der Waals surface area contributed by atoms with Crippen molar-refractivity contribution >= 4 is 22.0 Å². The zero-order valence-corrected chi connectivity index (χ0v) is 17.9. The minimum Gasteiger partial charge on any atom is -0.294 e. The quantitative estimate of drug-likeness (QED) is 0.408. The highest BCUT2D eigenvalue weighted by atomic mass is 32.2. The maximum atomic E-state index is 13.1. The first-order valence-corrected chi connectivity index (χ1v) is 11.0. The van der Waals surface area contributed by atoms with Gasteiger partial charge in [-0.2, -0.15) is 23.0 Å². The molecule has 0 bridgehead atoms. The third-order valence-electron chi connectivity index (χ3n) is 5.08. The highest BCUT2D eigenvalue weighted by Gasteiger charge is 2.30. The number of halogens is 3. The van der Waals surface area contributed by atoms with Crippen molar-refractivity contribution in [1.29, 1.82) is 0 Å². The molecule has 0 spiro atoms. The minimum atomic E-state index is -4.48. The van der Waals surface area contributed by atoms with Crippen LogP contribution >= 0.6 is 0 Å². The molecule has 0 saturated carbocycles. The first-order chi connectivity index (χ1) is 15.7. The molecule has 0 aliphatic rings. The predicted molar refractivity (Wildman–Crippen MR) is 120 cm³/mol. The molecule has 0 fully saturated rings. The van der Waals surface area contributed by atoms with Crippen molar-refractivity contribution in [3.05, 3.63) is 94.3 Å². The molecule has 10 heteroatoms. The monoisotopic (exact) mass is 473 g/mol. The summed E-state index contributed by atoms with van der Waals surface area (Å²) in [5.74, 6) is 0. The van der Waals surface area contributed by atoms with E-state index >= 15 is 0 Å². The van der Waals surface area contributed by atoms with Crippen LogP contribution < -0.4 is 10.3 Å². The smallest absolute Gasteiger partial charge is 0.294 e. The summed E-state index contributed by atoms with van der Waals surface area (Å²) in [5, 5.41) is 5.49. The first-order valence-electron chi connectivity index (χ1n) is 9.87. The highest BCUT2D eigenvalue weighted by Crippen LogP contribution is 2.30. The third kappa shape index (κ3) is 5.03. The van der Waals surface area contributed by atoms with Gasteiger partial charge >= 0.3 is 6.18 Å². The normalized spacial score (nSPS) is 12.7. The Morgan fingerprint density at radius 2 is 1.67 bits per heavy atom. The number of hydrogen-bond donors (Lipinski definition) is 2. The van der Waals surface area contributed by atoms with Crippen molar-refractivity contribution in [1.82, 2.24) is 14.5 Å². The van der Waals surface area contributed by atoms with Gasteiger partial charge in [0.1, 0.15) is 0 Å². The molecular formula is C23H18F3N3O3S. The first kappa shape index (κ1) is 22.8. The lowest BCUT2D eigenvalue weighted by Gasteiger charge is -2.13. The number of alkyl halides is 3. The maximum absolute atomic E-state index is 13.1. The van der Waals surface area contributed by atoms with Gasteiger partial charge < -0.3 is 0 Å². The van der Waals surface area contributed by atoms with E-state index in [4.69, 9.17) is 4.55 Å². The average Bonchev–Trinajstić information content (AvgIpc) is 2.79. The Hall–Kier alpha value is -3.34. The summed E-state index contributed by atoms with van der Waals surface area (Å²) >= 11 is -2.10. The van der Waals surface area contributed by atoms with E-state index < -0.39 is 28.6 Å². The Bertz CT molecular complexity index is 1390. The molecule has 0 radical (unpaired) electrons. The SMILES string of the molecule is O=c1c2ccccc2c(-c2cccc(CCNS(=O)O)c2)nn1-c1ccc(C(F)(F)F)cc1. The summed E-state index contributed by atoms with van der Waals surface area (Å²) in [7, 11) is 0. The van der Waals surface area contributed by atoms with Crippen molar-refractivity contribution < 1.29 is 21.9 Å². The molecule has 4 aromatic rings. The molecule has 3 aromatic carbocycles. The molecule has 0 aliphatic carbocycles. The lowest BCUT2D eigenvalue weighted by Crippen LogP contribution is -2.22. The van der Waals surface area contributed by atoms with E-state index in [1.165, 1.54) is 12.1 Å². The van der Waals surface area contributed by atoms with Crippen LogP contribution in [0.2, 0.25) is 0 Å². The van der Waals surface area contributed by atoms with E-state index in [0.717, 1.165) is 22.4 Å². The third-order valence-corrected chi connectivity index (χ3v) is 5.53. The van der Waals surface area contributed by atoms with Crippen molar-refractivity contribution in [3.8, 4) is 16.9 Å². The Kier molecular flexibility index (Phi) is 6.41. The summed E-state index contributed by atoms with van der Waals surface area (Å²) in [6.07, 6.45) is -4.00. The number of rotatable bonds is 6. The lowest BCUT2D eigenvalue weighted by molar-refractivity contribution is -0.137. The highest BCUT2D eigenvalue weighted by molar-refractivity contribution is 7.77. The summed E-state index contributed by atoms with van der Waals surface area (Å²) in [5.41, 5.74) is 1.03. The van der Waals surface area contributed by atoms with E-state index in [0.29, 0.717) is 28.5 Å². The fraction of sp³-hybridized carbons (Fsp3) is 0.130. The summed E-state index contributed by atoms with van der Waals surface area (Å²) in [6.45, 7) is 0.284. The van der Waals surface area contributed by atoms with Gasteiger partial charge in [0.25, 0.3) is 5.56 Å². The molecule has 6 nitrogen and oxygen atoms in total. The van der Waals surface area contributed by atoms with Crippen LogP contribution in [0.5, 0.6) is 0 Å². The van der Waals surface area contributed by atoms with Crippen molar-refractivity contribution in [2.45, 2.75) is 12.6 Å². The van der Waals surface area contributed by atoms with Crippen LogP contribution in [-0.4, -0.2) is 25.1 Å². The Morgan fingerprint density at radius 3 is 2.33 bits per heavy atom. The summed E-state index contributed by atoms with van der Waals surface area (Å²) < 4.78 is 62.0. The summed E-state index contributed by atoms with van der Waals surface area (Å²) in [6, 6.07) is 18.5. The number of hydrogen-bond acceptors (Lipinski definition) is 3. The molecule has 4 rings (SSSR count). The Balaban J connectivity index is 1.82. The van der Waals surface area contributed by atoms with Crippen LogP contribution in [0.15, 0.2) is 77.6 Å². The second-order valence-corrected chi connectivity index (χ2v) is 8.04. The number of nitrogens with one attached hydrogen (secondary N) is 1. The number of fused-ring (bicyclic) bond motifs is 1. The van der Waals surface area contributed by atoms with Crippen LogP contribution in [-0.2, 0) is 23.9 Å². The van der Waals surface area contributed by atoms with Gasteiger partial charge in [-0.15, -0.1) is 0 Å². The van der Waals surface area contributed by atoms with E-state index in [1.807, 2.05) is 24.3 Å². The van der Waals surface area contributed by atoms with E-state index in [9.17, 15) is 22.2 Å². The second kappa shape index (κ2) is 9.26. The van der Waals surface area contributed by atoms with Gasteiger partial charge in [0.15, 0.2) is 0 Å². The van der Waals surface area contributed by atoms with Gasteiger partial charge in [0, 0.05) is 17.5 Å². The lowest BCUT2D eigenvalue weighted by atomic mass is 10.0. The fourth-order valence-electron chi connectivity index (χ4n) is 3.53. The van der Waals surface area contributed by atoms with Crippen molar-refractivity contribution in [2.24, 2.45) is 0 Å². The van der Waals surface area contributed by atoms with Gasteiger partial charge in [0.2, 0.25) is 11.3 Å². The van der Waals surface area contributed by atoms with Crippen LogP contribution in [0.3, 0.4) is 0 Å². The standard InChI is InChI=1S/C23H18F3N3O3S/c24-23(25,26)17-8-10-18(11-9-17)29-22(30)20-7-2-1-6-19(20)21(28-29)16-5-3-4-15(14-16)12-13-27-33(31)32/h1-11,14,27H,12-13H2,(H,31,32). The zero-order chi connectivity index (χ0) is 23.6. The summed E-state index contributed by atoms with van der Waals surface area (Å²) in [4.78, 5) is 13.1. The molecule has 33 heavy (non-hydrogen) atoms. The van der Waals surface area contributed by atoms with Crippen LogP contribution in [0.25, 0.3) is 27.7 Å². The minimum absolute atomic E-state index is 0.214. The van der Waals surface area contributed by atoms with Gasteiger partial charge in [-0.05, 0) is 48.4 Å². The molecule has 1 unspecified atom stereocenters. The largest absolute Gasteiger partial charge is 0.416 e. The Labute approximate surface area is 189 Å². The van der Waals surface area contributed by atoms with E-state index in [1.54, 1.807) is 24.3 Å². The van der Waals surface area contributed by atoms with Crippen molar-refractivity contribution in [2.75, 3.05) is 6.54 Å². The molecule has 0 saturated heterocycles. The van der Waals surface area contributed by atoms with Gasteiger partial charge in [-0.3, -0.25) is 9.35 Å². The molecule has 1 atom stereocenters. The molecule has 1 heterocycles.